The van der Waals surface area contributed by atoms with Gasteiger partial charge in [-0.1, -0.05) is 23.8 Å². The van der Waals surface area contributed by atoms with Crippen LogP contribution in [0.1, 0.15) is 52.0 Å². The van der Waals surface area contributed by atoms with Crippen LogP contribution in [0.4, 0.5) is 4.79 Å². The maximum Gasteiger partial charge on any atom is 0.407 e. The predicted molar refractivity (Wildman–Crippen MR) is 137 cm³/mol. The first kappa shape index (κ1) is 27.4. The van der Waals surface area contributed by atoms with Gasteiger partial charge in [-0.25, -0.2) is 4.79 Å². The Morgan fingerprint density at radius 2 is 1.89 bits per heavy atom. The molecule has 0 aromatic heterocycles. The van der Waals surface area contributed by atoms with Crippen molar-refractivity contribution in [2.75, 3.05) is 26.8 Å². The van der Waals surface area contributed by atoms with E-state index in [1.165, 1.54) is 5.57 Å². The van der Waals surface area contributed by atoms with E-state index in [2.05, 4.69) is 37.5 Å². The Morgan fingerprint density at radius 3 is 2.54 bits per heavy atom. The van der Waals surface area contributed by atoms with E-state index in [1.54, 1.807) is 31.4 Å². The number of nitrogens with one attached hydrogen (secondary N) is 2. The van der Waals surface area contributed by atoms with E-state index in [0.717, 1.165) is 18.4 Å². The molecule has 1 aromatic carbocycles. The van der Waals surface area contributed by atoms with Gasteiger partial charge in [0, 0.05) is 26.6 Å². The second-order valence-corrected chi connectivity index (χ2v) is 10.8. The molecule has 3 aliphatic rings. The topological polar surface area (TPSA) is 122 Å². The maximum absolute atomic E-state index is 12.6. The number of epoxide rings is 2. The fraction of sp³-hybridized carbons (Fsp3) is 0.643. The summed E-state index contributed by atoms with van der Waals surface area (Å²) in [7, 11) is 1.65. The Balaban J connectivity index is 1.22. The Labute approximate surface area is 218 Å². The molecule has 204 valence electrons. The summed E-state index contributed by atoms with van der Waals surface area (Å²) in [6.07, 6.45) is 4.21. The second kappa shape index (κ2) is 11.4. The number of aryl methyl sites for hydroxylation is 1. The quantitative estimate of drug-likeness (QED) is 0.234. The highest BCUT2D eigenvalue weighted by molar-refractivity contribution is 5.76. The molecule has 37 heavy (non-hydrogen) atoms. The molecule has 2 heterocycles. The van der Waals surface area contributed by atoms with Crippen LogP contribution in [0, 0.1) is 5.92 Å². The van der Waals surface area contributed by atoms with Crippen molar-refractivity contribution in [3.05, 3.63) is 41.5 Å². The van der Waals surface area contributed by atoms with E-state index in [4.69, 9.17) is 18.9 Å². The molecule has 2 amide bonds. The normalized spacial score (nSPS) is 31.9. The summed E-state index contributed by atoms with van der Waals surface area (Å²) < 4.78 is 23.8. The molecule has 2 aliphatic heterocycles. The number of alkyl carbamates (subject to hydrolysis) is 1. The average Bonchev–Trinajstić information content (AvgIpc) is 3.78. The van der Waals surface area contributed by atoms with Crippen LogP contribution in [0.2, 0.25) is 0 Å². The molecule has 4 rings (SSSR count). The first-order valence-corrected chi connectivity index (χ1v) is 13.1. The fourth-order valence-electron chi connectivity index (χ4n) is 5.62. The van der Waals surface area contributed by atoms with Gasteiger partial charge in [-0.3, -0.25) is 4.79 Å². The zero-order valence-corrected chi connectivity index (χ0v) is 22.2. The number of hydrogen-bond acceptors (Lipinski definition) is 7. The zero-order valence-electron chi connectivity index (χ0n) is 22.2. The minimum absolute atomic E-state index is 0.0278. The van der Waals surface area contributed by atoms with Gasteiger partial charge in [0.1, 0.15) is 29.2 Å². The van der Waals surface area contributed by atoms with E-state index in [9.17, 15) is 14.7 Å². The monoisotopic (exact) mass is 516 g/mol. The summed E-state index contributed by atoms with van der Waals surface area (Å²) >= 11 is 0. The van der Waals surface area contributed by atoms with E-state index in [-0.39, 0.29) is 47.5 Å². The number of benzene rings is 1. The largest absolute Gasteiger partial charge is 0.508 e. The molecular formula is C28H40N2O7. The number of ether oxygens (including phenoxy) is 4. The van der Waals surface area contributed by atoms with Gasteiger partial charge in [0.25, 0.3) is 0 Å². The van der Waals surface area contributed by atoms with Crippen molar-refractivity contribution < 1.29 is 33.6 Å². The van der Waals surface area contributed by atoms with Crippen LogP contribution in [-0.4, -0.2) is 73.4 Å². The van der Waals surface area contributed by atoms with Gasteiger partial charge in [-0.15, -0.1) is 0 Å². The van der Waals surface area contributed by atoms with Gasteiger partial charge in [0.15, 0.2) is 0 Å². The highest BCUT2D eigenvalue weighted by atomic mass is 16.6. The van der Waals surface area contributed by atoms with Crippen molar-refractivity contribution in [3.8, 4) is 5.75 Å². The number of carbonyl (C=O) groups is 2. The number of phenolic OH excluding ortho intramolecular Hbond substituents is 1. The lowest BCUT2D eigenvalue weighted by Crippen LogP contribution is -2.56. The van der Waals surface area contributed by atoms with Crippen LogP contribution in [0.3, 0.4) is 0 Å². The molecule has 1 aromatic rings. The van der Waals surface area contributed by atoms with Crippen molar-refractivity contribution in [2.24, 2.45) is 5.92 Å². The van der Waals surface area contributed by atoms with E-state index in [1.807, 2.05) is 0 Å². The Bertz CT molecular complexity index is 987. The highest BCUT2D eigenvalue weighted by Gasteiger charge is 2.72. The molecule has 9 heteroatoms. The fourth-order valence-corrected chi connectivity index (χ4v) is 5.62. The number of methoxy groups -OCH3 is 1. The number of amides is 2. The summed E-state index contributed by atoms with van der Waals surface area (Å²) in [5.74, 6) is 0.0683. The standard InChI is InChI=1S/C28H40N2O7/c1-18(2)5-11-22-27(3,37-22)25-24(34-4)21(13-14-28(25)17-35-28)36-26(33)30-16-15-29-23(32)12-8-19-6-9-20(31)10-7-19/h5-7,9-10,21-22,24-25,31H,8,11-17H2,1-4H3,(H,29,32)(H,30,33)/t21-,22-,24-,25?,27?,28+/m1/s1. The molecule has 3 fully saturated rings. The third-order valence-electron chi connectivity index (χ3n) is 7.79. The number of aromatic hydroxyl groups is 1. The molecule has 3 N–H and O–H groups in total. The van der Waals surface area contributed by atoms with Gasteiger partial charge < -0.3 is 34.7 Å². The van der Waals surface area contributed by atoms with Gasteiger partial charge in [-0.2, -0.15) is 0 Å². The molecule has 1 aliphatic carbocycles. The third kappa shape index (κ3) is 6.64. The summed E-state index contributed by atoms with van der Waals surface area (Å²) in [6.45, 7) is 7.52. The molecule has 6 atom stereocenters. The van der Waals surface area contributed by atoms with Gasteiger partial charge in [0.05, 0.1) is 18.6 Å². The number of carbonyl (C=O) groups excluding carboxylic acids is 2. The molecule has 2 unspecified atom stereocenters. The van der Waals surface area contributed by atoms with E-state index >= 15 is 0 Å². The minimum atomic E-state index is -0.528. The average molecular weight is 517 g/mol. The molecule has 2 saturated heterocycles. The van der Waals surface area contributed by atoms with Crippen LogP contribution in [0.5, 0.6) is 5.75 Å². The zero-order chi connectivity index (χ0) is 26.6. The second-order valence-electron chi connectivity index (χ2n) is 10.8. The minimum Gasteiger partial charge on any atom is -0.508 e. The Morgan fingerprint density at radius 1 is 1.19 bits per heavy atom. The number of phenols is 1. The van der Waals surface area contributed by atoms with Crippen molar-refractivity contribution in [3.63, 3.8) is 0 Å². The molecule has 1 saturated carbocycles. The Kier molecular flexibility index (Phi) is 8.46. The SMILES string of the molecule is CO[C@H]1C(C2(C)O[C@@H]2CC=C(C)C)[C@]2(CC[C@H]1OC(=O)NCCNC(=O)CCc1ccc(O)cc1)CO2. The van der Waals surface area contributed by atoms with Crippen molar-refractivity contribution in [2.45, 2.75) is 82.4 Å². The molecular weight excluding hydrogens is 476 g/mol. The first-order chi connectivity index (χ1) is 17.7. The van der Waals surface area contributed by atoms with E-state index < -0.39 is 12.2 Å². The third-order valence-corrected chi connectivity index (χ3v) is 7.79. The van der Waals surface area contributed by atoms with Crippen LogP contribution in [0.15, 0.2) is 35.9 Å². The number of hydrogen-bond donors (Lipinski definition) is 3. The number of allylic oxidation sites excluding steroid dienone is 1. The lowest BCUT2D eigenvalue weighted by Gasteiger charge is -2.42. The summed E-state index contributed by atoms with van der Waals surface area (Å²) in [5, 5.41) is 14.9. The molecule has 0 bridgehead atoms. The lowest BCUT2D eigenvalue weighted by molar-refractivity contribution is -0.121. The molecule has 1 spiro atoms. The van der Waals surface area contributed by atoms with Gasteiger partial charge >= 0.3 is 6.09 Å². The van der Waals surface area contributed by atoms with E-state index in [0.29, 0.717) is 32.4 Å². The highest BCUT2D eigenvalue weighted by Crippen LogP contribution is 2.59. The van der Waals surface area contributed by atoms with Crippen LogP contribution >= 0.6 is 0 Å². The summed E-state index contributed by atoms with van der Waals surface area (Å²) in [4.78, 5) is 24.6. The predicted octanol–water partition coefficient (Wildman–Crippen LogP) is 3.24. The number of rotatable bonds is 11. The van der Waals surface area contributed by atoms with Crippen LogP contribution in [0.25, 0.3) is 0 Å². The molecule has 9 nitrogen and oxygen atoms in total. The summed E-state index contributed by atoms with van der Waals surface area (Å²) in [6, 6.07) is 6.78. The van der Waals surface area contributed by atoms with Gasteiger partial charge in [-0.05, 0) is 64.2 Å². The van der Waals surface area contributed by atoms with Crippen LogP contribution < -0.4 is 10.6 Å². The lowest BCUT2D eigenvalue weighted by atomic mass is 9.68. The van der Waals surface area contributed by atoms with Crippen molar-refractivity contribution in [1.29, 1.82) is 0 Å². The van der Waals surface area contributed by atoms with Crippen molar-refractivity contribution >= 4 is 12.0 Å². The summed E-state index contributed by atoms with van der Waals surface area (Å²) in [5.41, 5.74) is 1.58. The maximum atomic E-state index is 12.6. The Hall–Kier alpha value is -2.62. The van der Waals surface area contributed by atoms with Gasteiger partial charge in [0.2, 0.25) is 5.91 Å². The van der Waals surface area contributed by atoms with Crippen molar-refractivity contribution in [1.82, 2.24) is 10.6 Å². The molecule has 0 radical (unpaired) electrons. The van der Waals surface area contributed by atoms with Crippen LogP contribution in [-0.2, 0) is 30.2 Å². The smallest absolute Gasteiger partial charge is 0.407 e. The first-order valence-electron chi connectivity index (χ1n) is 13.1.